The Hall–Kier alpha value is -2.68. The molecule has 2 aromatic rings. The van der Waals surface area contributed by atoms with E-state index in [1.54, 1.807) is 17.2 Å². The Bertz CT molecular complexity index is 803. The highest BCUT2D eigenvalue weighted by atomic mass is 16.3. The first-order chi connectivity index (χ1) is 13.4. The highest BCUT2D eigenvalue weighted by Crippen LogP contribution is 2.41. The van der Waals surface area contributed by atoms with Gasteiger partial charge in [0, 0.05) is 44.3 Å². The maximum atomic E-state index is 12.7. The van der Waals surface area contributed by atoms with Crippen LogP contribution in [0.5, 0.6) is 0 Å². The lowest BCUT2D eigenvalue weighted by Crippen LogP contribution is -2.35. The summed E-state index contributed by atoms with van der Waals surface area (Å²) in [6.45, 7) is 3.25. The average molecular weight is 389 g/mol. The van der Waals surface area contributed by atoms with E-state index >= 15 is 0 Å². The summed E-state index contributed by atoms with van der Waals surface area (Å²) in [5.74, 6) is 1.02. The van der Waals surface area contributed by atoms with Gasteiger partial charge in [-0.2, -0.15) is 5.10 Å². The maximum Gasteiger partial charge on any atom is 0.290 e. The number of carbonyl (C=O) groups excluding carboxylic acids is 1. The van der Waals surface area contributed by atoms with Gasteiger partial charge in [0.2, 0.25) is 5.91 Å². The molecule has 4 atom stereocenters. The highest BCUT2D eigenvalue weighted by Gasteiger charge is 2.43. The van der Waals surface area contributed by atoms with Crippen molar-refractivity contribution in [2.75, 3.05) is 13.1 Å². The van der Waals surface area contributed by atoms with Crippen LogP contribution in [0.4, 0.5) is 0 Å². The molecule has 9 heteroatoms. The van der Waals surface area contributed by atoms with E-state index in [4.69, 9.17) is 9.90 Å². The monoisotopic (exact) mass is 389 g/mol. The Balaban J connectivity index is 0.000000706. The molecule has 1 aliphatic carbocycles. The predicted octanol–water partition coefficient (Wildman–Crippen LogP) is 0.639. The minimum atomic E-state index is -0.369. The fourth-order valence-electron chi connectivity index (χ4n) is 4.49. The van der Waals surface area contributed by atoms with Gasteiger partial charge in [-0.3, -0.25) is 14.3 Å². The highest BCUT2D eigenvalue weighted by molar-refractivity contribution is 5.79. The van der Waals surface area contributed by atoms with Crippen molar-refractivity contribution in [1.29, 1.82) is 0 Å². The SMILES string of the molecule is Cc1nn(C)cc1CC(=O)N1C[C@H]2C[C@@H](n3ccnc3)[C@H](O)C[C@H]2C1.O=CO. The van der Waals surface area contributed by atoms with E-state index in [2.05, 4.69) is 10.1 Å². The number of amides is 1. The molecule has 1 saturated carbocycles. The topological polar surface area (TPSA) is 113 Å². The molecule has 2 aromatic heterocycles. The van der Waals surface area contributed by atoms with Crippen LogP contribution >= 0.6 is 0 Å². The van der Waals surface area contributed by atoms with Crippen LogP contribution in [0.3, 0.4) is 0 Å². The van der Waals surface area contributed by atoms with E-state index in [-0.39, 0.29) is 24.5 Å². The second-order valence-corrected chi connectivity index (χ2v) is 7.63. The molecule has 4 rings (SSSR count). The fraction of sp³-hybridized carbons (Fsp3) is 0.579. The lowest BCUT2D eigenvalue weighted by Gasteiger charge is -2.35. The third-order valence-corrected chi connectivity index (χ3v) is 5.83. The zero-order chi connectivity index (χ0) is 20.3. The number of likely N-dealkylation sites (tertiary alicyclic amines) is 1. The zero-order valence-corrected chi connectivity index (χ0v) is 16.2. The van der Waals surface area contributed by atoms with Gasteiger partial charge in [0.05, 0.1) is 30.6 Å². The summed E-state index contributed by atoms with van der Waals surface area (Å²) < 4.78 is 3.76. The standard InChI is InChI=1S/C18H25N5O2.CH2O2/c1-12-13(8-21(2)20-12)7-18(25)23-9-14-5-16(22-4-3-19-11-22)17(24)6-15(14)10-23;2-1-3/h3-4,8,11,14-17,24H,5-7,9-10H2,1-2H3;1H,(H,2,3)/t14-,15+,16-,17-;/m1./s1. The Morgan fingerprint density at radius 2 is 2.00 bits per heavy atom. The van der Waals surface area contributed by atoms with Crippen LogP contribution in [0, 0.1) is 18.8 Å². The number of hydrogen-bond donors (Lipinski definition) is 2. The van der Waals surface area contributed by atoms with Crippen LogP contribution in [-0.2, 0) is 23.1 Å². The number of carboxylic acid groups (broad SMARTS) is 1. The summed E-state index contributed by atoms with van der Waals surface area (Å²) in [7, 11) is 1.88. The van der Waals surface area contributed by atoms with Crippen molar-refractivity contribution < 1.29 is 19.8 Å². The molecule has 2 aliphatic rings. The number of hydrogen-bond acceptors (Lipinski definition) is 5. The van der Waals surface area contributed by atoms with E-state index in [0.717, 1.165) is 37.2 Å². The summed E-state index contributed by atoms with van der Waals surface area (Å²) in [6, 6.07) is 0.0689. The fourth-order valence-corrected chi connectivity index (χ4v) is 4.49. The van der Waals surface area contributed by atoms with E-state index < -0.39 is 0 Å². The van der Waals surface area contributed by atoms with Gasteiger partial charge in [-0.05, 0) is 31.6 Å². The summed E-state index contributed by atoms with van der Waals surface area (Å²) in [5, 5.41) is 21.7. The van der Waals surface area contributed by atoms with Gasteiger partial charge in [-0.25, -0.2) is 4.98 Å². The number of rotatable bonds is 3. The van der Waals surface area contributed by atoms with Crippen LogP contribution in [-0.4, -0.2) is 66.0 Å². The normalized spacial score (nSPS) is 26.3. The minimum absolute atomic E-state index is 0.0689. The van der Waals surface area contributed by atoms with Gasteiger partial charge < -0.3 is 19.7 Å². The van der Waals surface area contributed by atoms with Crippen LogP contribution in [0.2, 0.25) is 0 Å². The largest absolute Gasteiger partial charge is 0.483 e. The quantitative estimate of drug-likeness (QED) is 0.745. The van der Waals surface area contributed by atoms with Crippen LogP contribution in [0.25, 0.3) is 0 Å². The van der Waals surface area contributed by atoms with Crippen molar-refractivity contribution in [2.45, 2.75) is 38.3 Å². The Morgan fingerprint density at radius 3 is 2.57 bits per heavy atom. The van der Waals surface area contributed by atoms with E-state index in [9.17, 15) is 9.90 Å². The maximum absolute atomic E-state index is 12.7. The van der Waals surface area contributed by atoms with Crippen LogP contribution in [0.1, 0.15) is 30.1 Å². The number of aliphatic hydroxyl groups excluding tert-OH is 1. The number of aliphatic hydroxyl groups is 1. The second kappa shape index (κ2) is 8.55. The molecular formula is C19H27N5O4. The number of nitrogens with zero attached hydrogens (tertiary/aromatic N) is 5. The Labute approximate surface area is 163 Å². The molecule has 2 fully saturated rings. The molecule has 1 aliphatic heterocycles. The lowest BCUT2D eigenvalue weighted by atomic mass is 9.77. The molecule has 28 heavy (non-hydrogen) atoms. The molecule has 0 bridgehead atoms. The molecule has 1 saturated heterocycles. The first kappa shape index (κ1) is 20.1. The molecule has 0 spiro atoms. The third-order valence-electron chi connectivity index (χ3n) is 5.83. The van der Waals surface area contributed by atoms with Crippen molar-refractivity contribution in [3.8, 4) is 0 Å². The average Bonchev–Trinajstić information content (AvgIpc) is 3.35. The third kappa shape index (κ3) is 4.24. The molecular weight excluding hydrogens is 362 g/mol. The summed E-state index contributed by atoms with van der Waals surface area (Å²) in [4.78, 5) is 27.2. The first-order valence-electron chi connectivity index (χ1n) is 9.43. The minimum Gasteiger partial charge on any atom is -0.483 e. The van der Waals surface area contributed by atoms with Crippen molar-refractivity contribution in [3.63, 3.8) is 0 Å². The summed E-state index contributed by atoms with van der Waals surface area (Å²) >= 11 is 0. The second-order valence-electron chi connectivity index (χ2n) is 7.63. The number of carbonyl (C=O) groups is 2. The Morgan fingerprint density at radius 1 is 1.32 bits per heavy atom. The number of imidazole rings is 1. The summed E-state index contributed by atoms with van der Waals surface area (Å²) in [5.41, 5.74) is 1.92. The van der Waals surface area contributed by atoms with Gasteiger partial charge in [0.1, 0.15) is 0 Å². The van der Waals surface area contributed by atoms with Crippen LogP contribution in [0.15, 0.2) is 24.9 Å². The van der Waals surface area contributed by atoms with Crippen molar-refractivity contribution in [2.24, 2.45) is 18.9 Å². The van der Waals surface area contributed by atoms with Gasteiger partial charge >= 0.3 is 0 Å². The molecule has 1 amide bonds. The zero-order valence-electron chi connectivity index (χ0n) is 16.2. The lowest BCUT2D eigenvalue weighted by molar-refractivity contribution is -0.129. The molecule has 0 unspecified atom stereocenters. The smallest absolute Gasteiger partial charge is 0.290 e. The van der Waals surface area contributed by atoms with Crippen molar-refractivity contribution in [1.82, 2.24) is 24.2 Å². The number of fused-ring (bicyclic) bond motifs is 1. The molecule has 152 valence electrons. The molecule has 3 heterocycles. The predicted molar refractivity (Wildman–Crippen MR) is 100 cm³/mol. The molecule has 9 nitrogen and oxygen atoms in total. The van der Waals surface area contributed by atoms with Gasteiger partial charge in [-0.1, -0.05) is 0 Å². The van der Waals surface area contributed by atoms with Crippen molar-refractivity contribution in [3.05, 3.63) is 36.2 Å². The van der Waals surface area contributed by atoms with Crippen LogP contribution < -0.4 is 0 Å². The molecule has 0 radical (unpaired) electrons. The van der Waals surface area contributed by atoms with E-state index in [1.807, 2.05) is 35.8 Å². The first-order valence-corrected chi connectivity index (χ1v) is 9.43. The summed E-state index contributed by atoms with van der Waals surface area (Å²) in [6.07, 6.45) is 9.06. The number of aryl methyl sites for hydroxylation is 2. The molecule has 2 N–H and O–H groups in total. The Kier molecular flexibility index (Phi) is 6.13. The van der Waals surface area contributed by atoms with E-state index in [0.29, 0.717) is 18.3 Å². The van der Waals surface area contributed by atoms with Gasteiger partial charge in [0.25, 0.3) is 6.47 Å². The van der Waals surface area contributed by atoms with Gasteiger partial charge in [-0.15, -0.1) is 0 Å². The van der Waals surface area contributed by atoms with Gasteiger partial charge in [0.15, 0.2) is 0 Å². The van der Waals surface area contributed by atoms with E-state index in [1.165, 1.54) is 0 Å². The van der Waals surface area contributed by atoms with Crippen molar-refractivity contribution >= 4 is 12.4 Å². The molecule has 0 aromatic carbocycles. The number of aromatic nitrogens is 4.